The molecule has 0 aliphatic heterocycles. The fourth-order valence-electron chi connectivity index (χ4n) is 1.54. The Kier molecular flexibility index (Phi) is 4.44. The van der Waals surface area contributed by atoms with E-state index in [1.54, 1.807) is 0 Å². The van der Waals surface area contributed by atoms with Crippen molar-refractivity contribution in [2.24, 2.45) is 5.73 Å². The van der Waals surface area contributed by atoms with E-state index in [4.69, 9.17) is 5.73 Å². The number of anilines is 1. The number of nitrogens with zero attached hydrogens (tertiary/aromatic N) is 1. The monoisotopic (exact) mass is 261 g/mol. The number of amides is 1. The first-order chi connectivity index (χ1) is 8.78. The Balaban J connectivity index is 1.82. The lowest BCUT2D eigenvalue weighted by Crippen LogP contribution is -2.12. The molecule has 94 valence electrons. The van der Waals surface area contributed by atoms with Gasteiger partial charge in [-0.3, -0.25) is 4.79 Å². The minimum Gasteiger partial charge on any atom is -0.325 e. The van der Waals surface area contributed by atoms with Gasteiger partial charge in [0.15, 0.2) is 5.13 Å². The molecule has 0 radical (unpaired) electrons. The average Bonchev–Trinajstić information content (AvgIpc) is 2.85. The number of hydrogen-bond acceptors (Lipinski definition) is 4. The molecule has 18 heavy (non-hydrogen) atoms. The number of carbonyl (C=O) groups excluding carboxylic acids is 1. The van der Waals surface area contributed by atoms with E-state index in [1.807, 2.05) is 35.7 Å². The number of rotatable bonds is 5. The molecule has 0 fully saturated rings. The van der Waals surface area contributed by atoms with Crippen molar-refractivity contribution < 1.29 is 4.79 Å². The van der Waals surface area contributed by atoms with E-state index in [9.17, 15) is 4.79 Å². The van der Waals surface area contributed by atoms with Gasteiger partial charge in [-0.2, -0.15) is 0 Å². The normalized spacial score (nSPS) is 10.3. The second-order valence-electron chi connectivity index (χ2n) is 3.88. The van der Waals surface area contributed by atoms with Crippen LogP contribution in [0.3, 0.4) is 0 Å². The number of hydrogen-bond donors (Lipinski definition) is 2. The highest BCUT2D eigenvalue weighted by Gasteiger charge is 2.06. The summed E-state index contributed by atoms with van der Waals surface area (Å²) in [6.07, 6.45) is 1.20. The van der Waals surface area contributed by atoms with Crippen molar-refractivity contribution >= 4 is 22.4 Å². The smallest absolute Gasteiger partial charge is 0.226 e. The molecule has 3 N–H and O–H groups in total. The molecule has 0 unspecified atom stereocenters. The van der Waals surface area contributed by atoms with Gasteiger partial charge in [-0.25, -0.2) is 4.98 Å². The van der Waals surface area contributed by atoms with Crippen LogP contribution < -0.4 is 11.1 Å². The summed E-state index contributed by atoms with van der Waals surface area (Å²) in [6, 6.07) is 9.95. The van der Waals surface area contributed by atoms with Crippen molar-refractivity contribution in [3.05, 3.63) is 47.0 Å². The zero-order chi connectivity index (χ0) is 12.8. The Hall–Kier alpha value is -1.72. The van der Waals surface area contributed by atoms with Crippen molar-refractivity contribution in [2.45, 2.75) is 19.4 Å². The van der Waals surface area contributed by atoms with Crippen LogP contribution in [0.25, 0.3) is 0 Å². The summed E-state index contributed by atoms with van der Waals surface area (Å²) >= 11 is 1.40. The number of nitrogens with two attached hydrogens (primary N) is 1. The third kappa shape index (κ3) is 3.65. The molecule has 1 amide bonds. The molecule has 1 aromatic carbocycles. The van der Waals surface area contributed by atoms with Gasteiger partial charge in [0.1, 0.15) is 0 Å². The van der Waals surface area contributed by atoms with Crippen molar-refractivity contribution in [3.8, 4) is 0 Å². The van der Waals surface area contributed by atoms with Crippen LogP contribution in [-0.2, 0) is 17.8 Å². The largest absolute Gasteiger partial charge is 0.325 e. The Bertz CT molecular complexity index is 510. The van der Waals surface area contributed by atoms with Crippen molar-refractivity contribution in [1.29, 1.82) is 0 Å². The first kappa shape index (κ1) is 12.7. The van der Waals surface area contributed by atoms with Crippen molar-refractivity contribution in [3.63, 3.8) is 0 Å². The van der Waals surface area contributed by atoms with E-state index in [-0.39, 0.29) is 5.91 Å². The first-order valence-corrected chi connectivity index (χ1v) is 6.64. The van der Waals surface area contributed by atoms with Crippen LogP contribution in [0.2, 0.25) is 0 Å². The summed E-state index contributed by atoms with van der Waals surface area (Å²) in [5.41, 5.74) is 7.43. The zero-order valence-electron chi connectivity index (χ0n) is 9.93. The average molecular weight is 261 g/mol. The fourth-order valence-corrected chi connectivity index (χ4v) is 2.28. The Morgan fingerprint density at radius 2 is 2.11 bits per heavy atom. The lowest BCUT2D eigenvalue weighted by atomic mass is 10.1. The van der Waals surface area contributed by atoms with Gasteiger partial charge in [0, 0.05) is 18.3 Å². The van der Waals surface area contributed by atoms with E-state index in [1.165, 1.54) is 11.3 Å². The predicted octanol–water partition coefficient (Wildman–Crippen LogP) is 2.17. The maximum atomic E-state index is 11.7. The van der Waals surface area contributed by atoms with Crippen molar-refractivity contribution in [2.75, 3.05) is 5.32 Å². The van der Waals surface area contributed by atoms with Gasteiger partial charge in [0.25, 0.3) is 0 Å². The highest BCUT2D eigenvalue weighted by atomic mass is 32.1. The molecular formula is C13H15N3OS. The van der Waals surface area contributed by atoms with Crippen LogP contribution in [0, 0.1) is 0 Å². The van der Waals surface area contributed by atoms with Gasteiger partial charge in [-0.05, 0) is 12.0 Å². The maximum Gasteiger partial charge on any atom is 0.226 e. The van der Waals surface area contributed by atoms with Gasteiger partial charge in [-0.1, -0.05) is 30.3 Å². The second-order valence-corrected chi connectivity index (χ2v) is 4.74. The predicted molar refractivity (Wildman–Crippen MR) is 73.4 cm³/mol. The van der Waals surface area contributed by atoms with Crippen molar-refractivity contribution in [1.82, 2.24) is 4.98 Å². The number of thiazole rings is 1. The first-order valence-electron chi connectivity index (χ1n) is 5.76. The Morgan fingerprint density at radius 1 is 1.33 bits per heavy atom. The summed E-state index contributed by atoms with van der Waals surface area (Å²) < 4.78 is 0. The molecule has 5 heteroatoms. The zero-order valence-corrected chi connectivity index (χ0v) is 10.7. The van der Waals surface area contributed by atoms with Crippen LogP contribution in [0.1, 0.15) is 17.7 Å². The fraction of sp³-hybridized carbons (Fsp3) is 0.231. The van der Waals surface area contributed by atoms with Gasteiger partial charge in [-0.15, -0.1) is 11.3 Å². The summed E-state index contributed by atoms with van der Waals surface area (Å²) in [4.78, 5) is 15.9. The van der Waals surface area contributed by atoms with Gasteiger partial charge < -0.3 is 11.1 Å². The topological polar surface area (TPSA) is 68.0 Å². The van der Waals surface area contributed by atoms with E-state index in [0.717, 1.165) is 17.7 Å². The highest BCUT2D eigenvalue weighted by molar-refractivity contribution is 7.13. The molecule has 0 bridgehead atoms. The maximum absolute atomic E-state index is 11.7. The molecule has 0 spiro atoms. The molecule has 4 nitrogen and oxygen atoms in total. The van der Waals surface area contributed by atoms with Gasteiger partial charge in [0.2, 0.25) is 5.91 Å². The third-order valence-corrected chi connectivity index (χ3v) is 3.30. The van der Waals surface area contributed by atoms with E-state index in [2.05, 4.69) is 10.3 Å². The SMILES string of the molecule is NCc1csc(NC(=O)CCc2ccccc2)n1. The summed E-state index contributed by atoms with van der Waals surface area (Å²) in [7, 11) is 0. The molecule has 0 aliphatic rings. The molecule has 1 aromatic heterocycles. The second kappa shape index (κ2) is 6.28. The molecule has 0 saturated heterocycles. The number of benzene rings is 1. The minimum absolute atomic E-state index is 0.0169. The summed E-state index contributed by atoms with van der Waals surface area (Å²) in [5.74, 6) is -0.0169. The molecular weight excluding hydrogens is 246 g/mol. The summed E-state index contributed by atoms with van der Waals surface area (Å²) in [6.45, 7) is 0.399. The Labute approximate surface area is 110 Å². The quantitative estimate of drug-likeness (QED) is 0.866. The van der Waals surface area contributed by atoms with Crippen LogP contribution in [0.4, 0.5) is 5.13 Å². The number of aromatic nitrogens is 1. The molecule has 0 aliphatic carbocycles. The summed E-state index contributed by atoms with van der Waals surface area (Å²) in [5, 5.41) is 5.25. The van der Waals surface area contributed by atoms with Gasteiger partial charge >= 0.3 is 0 Å². The van der Waals surface area contributed by atoms with E-state index < -0.39 is 0 Å². The van der Waals surface area contributed by atoms with Crippen LogP contribution in [0.5, 0.6) is 0 Å². The lowest BCUT2D eigenvalue weighted by Gasteiger charge is -2.01. The Morgan fingerprint density at radius 3 is 2.78 bits per heavy atom. The highest BCUT2D eigenvalue weighted by Crippen LogP contribution is 2.15. The number of nitrogens with one attached hydrogen (secondary N) is 1. The van der Waals surface area contributed by atoms with Gasteiger partial charge in [0.05, 0.1) is 5.69 Å². The number of aryl methyl sites for hydroxylation is 1. The third-order valence-electron chi connectivity index (χ3n) is 2.49. The standard InChI is InChI=1S/C13H15N3OS/c14-8-11-9-18-13(15-11)16-12(17)7-6-10-4-2-1-3-5-10/h1-5,9H,6-8,14H2,(H,15,16,17). The molecule has 1 heterocycles. The molecule has 0 atom stereocenters. The minimum atomic E-state index is -0.0169. The molecule has 2 aromatic rings. The van der Waals surface area contributed by atoms with E-state index >= 15 is 0 Å². The van der Waals surface area contributed by atoms with Crippen LogP contribution >= 0.6 is 11.3 Å². The number of carbonyl (C=O) groups is 1. The molecule has 0 saturated carbocycles. The lowest BCUT2D eigenvalue weighted by molar-refractivity contribution is -0.116. The molecule has 2 rings (SSSR count). The van der Waals surface area contributed by atoms with E-state index in [0.29, 0.717) is 18.1 Å². The van der Waals surface area contributed by atoms with Crippen LogP contribution in [-0.4, -0.2) is 10.9 Å². The van der Waals surface area contributed by atoms with Crippen LogP contribution in [0.15, 0.2) is 35.7 Å².